The molecule has 0 aromatic heterocycles. The molecule has 1 heterocycles. The molecular formula is C26H36F3NO2. The van der Waals surface area contributed by atoms with Crippen molar-refractivity contribution in [2.45, 2.75) is 89.3 Å². The summed E-state index contributed by atoms with van der Waals surface area (Å²) in [5.41, 5.74) is 0.691. The van der Waals surface area contributed by atoms with Crippen molar-refractivity contribution >= 4 is 5.97 Å². The molecule has 4 rings (SSSR count). The number of carboxylic acids is 1. The van der Waals surface area contributed by atoms with E-state index < -0.39 is 17.7 Å². The van der Waals surface area contributed by atoms with E-state index in [1.165, 1.54) is 50.7 Å². The number of carbonyl (C=O) groups is 1. The largest absolute Gasteiger partial charge is 0.481 e. The standard InChI is InChI=1S/C26H36F3NO2/c1-18-15-25(11-3-2-4-12-25)17-30(16-18)23-10-5-19(14-24(31)32)13-22(23)20-6-8-21(9-7-20)26(27,28)29/h6-9,18-19,22-23H,2-5,10-17H2,1H3,(H,31,32). The lowest BCUT2D eigenvalue weighted by molar-refractivity contribution is -0.139. The Morgan fingerprint density at radius 2 is 1.81 bits per heavy atom. The van der Waals surface area contributed by atoms with Gasteiger partial charge in [0, 0.05) is 25.6 Å². The Morgan fingerprint density at radius 3 is 2.44 bits per heavy atom. The van der Waals surface area contributed by atoms with Crippen molar-refractivity contribution in [1.82, 2.24) is 4.90 Å². The first-order chi connectivity index (χ1) is 15.2. The molecule has 1 aromatic rings. The summed E-state index contributed by atoms with van der Waals surface area (Å²) in [5.74, 6) is 0.00226. The van der Waals surface area contributed by atoms with Crippen molar-refractivity contribution in [2.24, 2.45) is 17.3 Å². The van der Waals surface area contributed by atoms with Crippen LogP contribution >= 0.6 is 0 Å². The van der Waals surface area contributed by atoms with Gasteiger partial charge in [0.1, 0.15) is 0 Å². The second-order valence-electron chi connectivity index (χ2n) is 10.9. The Morgan fingerprint density at radius 1 is 1.12 bits per heavy atom. The summed E-state index contributed by atoms with van der Waals surface area (Å²) >= 11 is 0. The van der Waals surface area contributed by atoms with Gasteiger partial charge in [-0.25, -0.2) is 0 Å². The Bertz CT molecular complexity index is 785. The van der Waals surface area contributed by atoms with E-state index in [4.69, 9.17) is 0 Å². The smallest absolute Gasteiger partial charge is 0.416 e. The lowest BCUT2D eigenvalue weighted by Gasteiger charge is -2.53. The van der Waals surface area contributed by atoms with E-state index in [0.29, 0.717) is 11.3 Å². The number of nitrogens with zero attached hydrogens (tertiary/aromatic N) is 1. The minimum atomic E-state index is -4.34. The molecule has 4 atom stereocenters. The average Bonchev–Trinajstić information content (AvgIpc) is 2.72. The van der Waals surface area contributed by atoms with E-state index in [1.807, 2.05) is 0 Å². The highest BCUT2D eigenvalue weighted by Gasteiger charge is 2.44. The van der Waals surface area contributed by atoms with Gasteiger partial charge in [0.25, 0.3) is 0 Å². The lowest BCUT2D eigenvalue weighted by atomic mass is 9.65. The summed E-state index contributed by atoms with van der Waals surface area (Å²) in [7, 11) is 0. The van der Waals surface area contributed by atoms with Crippen LogP contribution in [0.15, 0.2) is 24.3 Å². The maximum Gasteiger partial charge on any atom is 0.416 e. The summed E-state index contributed by atoms with van der Waals surface area (Å²) in [6, 6.07) is 5.92. The van der Waals surface area contributed by atoms with Gasteiger partial charge < -0.3 is 5.11 Å². The maximum atomic E-state index is 13.1. The SMILES string of the molecule is CC1CN(C2CCC(CC(=O)O)CC2c2ccc(C(F)(F)F)cc2)CC2(CCCCC2)C1. The topological polar surface area (TPSA) is 40.5 Å². The molecule has 1 N–H and O–H groups in total. The van der Waals surface area contributed by atoms with Crippen molar-refractivity contribution in [1.29, 1.82) is 0 Å². The molecule has 1 saturated heterocycles. The number of hydrogen-bond acceptors (Lipinski definition) is 2. The minimum Gasteiger partial charge on any atom is -0.481 e. The fourth-order valence-corrected chi connectivity index (χ4v) is 7.07. The number of halogens is 3. The van der Waals surface area contributed by atoms with Crippen LogP contribution in [0.3, 0.4) is 0 Å². The van der Waals surface area contributed by atoms with Crippen LogP contribution in [-0.2, 0) is 11.0 Å². The summed E-state index contributed by atoms with van der Waals surface area (Å²) < 4.78 is 39.3. The minimum absolute atomic E-state index is 0.0846. The zero-order valence-corrected chi connectivity index (χ0v) is 19.0. The van der Waals surface area contributed by atoms with Gasteiger partial charge in [-0.3, -0.25) is 9.69 Å². The summed E-state index contributed by atoms with van der Waals surface area (Å²) in [4.78, 5) is 14.0. The number of alkyl halides is 3. The monoisotopic (exact) mass is 451 g/mol. The molecule has 3 nitrogen and oxygen atoms in total. The van der Waals surface area contributed by atoms with Crippen LogP contribution in [0.2, 0.25) is 0 Å². The van der Waals surface area contributed by atoms with E-state index in [9.17, 15) is 23.1 Å². The number of carboxylic acid groups (broad SMARTS) is 1. The van der Waals surface area contributed by atoms with Crippen LogP contribution in [0, 0.1) is 17.3 Å². The van der Waals surface area contributed by atoms with Crippen LogP contribution in [0.4, 0.5) is 13.2 Å². The predicted molar refractivity (Wildman–Crippen MR) is 118 cm³/mol. The highest BCUT2D eigenvalue weighted by atomic mass is 19.4. The molecule has 1 aromatic carbocycles. The van der Waals surface area contributed by atoms with Crippen LogP contribution in [0.5, 0.6) is 0 Å². The quantitative estimate of drug-likeness (QED) is 0.552. The normalized spacial score (nSPS) is 31.5. The second-order valence-corrected chi connectivity index (χ2v) is 10.9. The molecule has 6 heteroatoms. The van der Waals surface area contributed by atoms with Crippen molar-refractivity contribution in [3.63, 3.8) is 0 Å². The van der Waals surface area contributed by atoms with Gasteiger partial charge in [-0.1, -0.05) is 38.3 Å². The van der Waals surface area contributed by atoms with Crippen LogP contribution in [0.25, 0.3) is 0 Å². The fourth-order valence-electron chi connectivity index (χ4n) is 7.07. The zero-order chi connectivity index (χ0) is 22.9. The molecule has 32 heavy (non-hydrogen) atoms. The van der Waals surface area contributed by atoms with Gasteiger partial charge >= 0.3 is 12.1 Å². The summed E-state index contributed by atoms with van der Waals surface area (Å²) in [6.07, 6.45) is 6.12. The van der Waals surface area contributed by atoms with E-state index in [2.05, 4.69) is 11.8 Å². The Labute approximate surface area is 189 Å². The van der Waals surface area contributed by atoms with Crippen molar-refractivity contribution in [2.75, 3.05) is 13.1 Å². The Balaban J connectivity index is 1.59. The first kappa shape index (κ1) is 23.6. The molecule has 1 spiro atoms. The van der Waals surface area contributed by atoms with Gasteiger partial charge in [0.15, 0.2) is 0 Å². The number of likely N-dealkylation sites (tertiary alicyclic amines) is 1. The molecule has 0 bridgehead atoms. The molecule has 0 amide bonds. The first-order valence-corrected chi connectivity index (χ1v) is 12.3. The molecule has 2 aliphatic carbocycles. The molecular weight excluding hydrogens is 415 g/mol. The molecule has 178 valence electrons. The van der Waals surface area contributed by atoms with Crippen molar-refractivity contribution < 1.29 is 23.1 Å². The third kappa shape index (κ3) is 5.32. The van der Waals surface area contributed by atoms with E-state index in [1.54, 1.807) is 12.1 Å². The van der Waals surface area contributed by atoms with Gasteiger partial charge in [-0.15, -0.1) is 0 Å². The van der Waals surface area contributed by atoms with Gasteiger partial charge in [-0.2, -0.15) is 13.2 Å². The molecule has 3 fully saturated rings. The van der Waals surface area contributed by atoms with Crippen LogP contribution in [0.1, 0.15) is 88.2 Å². The molecule has 0 radical (unpaired) electrons. The van der Waals surface area contributed by atoms with E-state index >= 15 is 0 Å². The fraction of sp³-hybridized carbons (Fsp3) is 0.731. The first-order valence-electron chi connectivity index (χ1n) is 12.3. The third-order valence-electron chi connectivity index (χ3n) is 8.30. The van der Waals surface area contributed by atoms with Crippen molar-refractivity contribution in [3.8, 4) is 0 Å². The van der Waals surface area contributed by atoms with E-state index in [-0.39, 0.29) is 24.3 Å². The van der Waals surface area contributed by atoms with E-state index in [0.717, 1.165) is 37.9 Å². The number of aliphatic carboxylic acids is 1. The predicted octanol–water partition coefficient (Wildman–Crippen LogP) is 6.72. The third-order valence-corrected chi connectivity index (χ3v) is 8.30. The van der Waals surface area contributed by atoms with Gasteiger partial charge in [0.2, 0.25) is 0 Å². The van der Waals surface area contributed by atoms with Crippen molar-refractivity contribution in [3.05, 3.63) is 35.4 Å². The average molecular weight is 452 g/mol. The Kier molecular flexibility index (Phi) is 6.90. The highest BCUT2D eigenvalue weighted by Crippen LogP contribution is 2.48. The lowest BCUT2D eigenvalue weighted by Crippen LogP contribution is -2.54. The van der Waals surface area contributed by atoms with Gasteiger partial charge in [0.05, 0.1) is 5.56 Å². The summed E-state index contributed by atoms with van der Waals surface area (Å²) in [6.45, 7) is 4.46. The summed E-state index contributed by atoms with van der Waals surface area (Å²) in [5, 5.41) is 9.33. The number of rotatable bonds is 4. The zero-order valence-electron chi connectivity index (χ0n) is 19.0. The highest BCUT2D eigenvalue weighted by molar-refractivity contribution is 5.67. The molecule has 1 aliphatic heterocycles. The Hall–Kier alpha value is -1.56. The number of benzene rings is 1. The molecule has 3 aliphatic rings. The number of piperidine rings is 1. The molecule has 2 saturated carbocycles. The van der Waals surface area contributed by atoms with Gasteiger partial charge in [-0.05, 0) is 79.4 Å². The van der Waals surface area contributed by atoms with Crippen LogP contribution < -0.4 is 0 Å². The van der Waals surface area contributed by atoms with Crippen LogP contribution in [-0.4, -0.2) is 35.1 Å². The second kappa shape index (κ2) is 9.36. The number of hydrogen-bond donors (Lipinski definition) is 1. The maximum absolute atomic E-state index is 13.1. The molecule has 4 unspecified atom stereocenters.